The van der Waals surface area contributed by atoms with E-state index in [2.05, 4.69) is 5.10 Å². The number of aromatic nitrogens is 2. The van der Waals surface area contributed by atoms with Gasteiger partial charge < -0.3 is 5.11 Å². The van der Waals surface area contributed by atoms with Gasteiger partial charge in [0.15, 0.2) is 5.69 Å². The van der Waals surface area contributed by atoms with Crippen molar-refractivity contribution in [3.05, 3.63) is 83.2 Å². The molecule has 3 aromatic rings. The molecule has 0 saturated heterocycles. The number of carboxylic acid groups (broad SMARTS) is 1. The van der Waals surface area contributed by atoms with Gasteiger partial charge in [-0.2, -0.15) is 5.10 Å². The molecular weight excluding hydrogens is 300 g/mol. The molecule has 4 nitrogen and oxygen atoms in total. The number of benzene rings is 2. The highest BCUT2D eigenvalue weighted by molar-refractivity contribution is 5.90. The monoisotopic (exact) mass is 318 g/mol. The summed E-state index contributed by atoms with van der Waals surface area (Å²) in [6.45, 7) is 3.77. The van der Waals surface area contributed by atoms with Crippen molar-refractivity contribution in [3.8, 4) is 5.69 Å². The molecule has 0 atom stereocenters. The van der Waals surface area contributed by atoms with E-state index in [4.69, 9.17) is 0 Å². The highest BCUT2D eigenvalue weighted by atomic mass is 16.4. The average Bonchev–Trinajstić information content (AvgIpc) is 2.94. The van der Waals surface area contributed by atoms with Crippen LogP contribution in [0, 0.1) is 6.92 Å². The number of nitrogens with zero attached hydrogens (tertiary/aromatic N) is 2. The second kappa shape index (κ2) is 6.54. The van der Waals surface area contributed by atoms with Gasteiger partial charge in [-0.1, -0.05) is 48.5 Å². The minimum absolute atomic E-state index is 0.0784. The van der Waals surface area contributed by atoms with Crippen molar-refractivity contribution in [1.29, 1.82) is 0 Å². The topological polar surface area (TPSA) is 55.1 Å². The van der Waals surface area contributed by atoms with Gasteiger partial charge in [0.25, 0.3) is 0 Å². The van der Waals surface area contributed by atoms with E-state index in [0.29, 0.717) is 5.56 Å². The van der Waals surface area contributed by atoms with Crippen LogP contribution in [0.1, 0.15) is 34.2 Å². The lowest BCUT2D eigenvalue weighted by Gasteiger charge is -2.09. The zero-order chi connectivity index (χ0) is 17.1. The molecular formula is C20H18N2O2. The van der Waals surface area contributed by atoms with Gasteiger partial charge in [0.2, 0.25) is 0 Å². The summed E-state index contributed by atoms with van der Waals surface area (Å²) >= 11 is 0. The molecule has 0 spiro atoms. The Kier molecular flexibility index (Phi) is 4.29. The molecule has 4 heteroatoms. The molecule has 0 fully saturated rings. The van der Waals surface area contributed by atoms with Crippen molar-refractivity contribution in [2.45, 2.75) is 13.8 Å². The maximum absolute atomic E-state index is 11.5. The number of carboxylic acids is 1. The van der Waals surface area contributed by atoms with Crippen molar-refractivity contribution < 1.29 is 9.90 Å². The minimum atomic E-state index is -1.02. The maximum Gasteiger partial charge on any atom is 0.356 e. The molecule has 0 aliphatic carbocycles. The molecule has 1 N–H and O–H groups in total. The maximum atomic E-state index is 11.5. The SMILES string of the molecule is C/C(=C\c1ccccc1)c1c(C)c(C(=O)O)nn1-c1ccccc1. The largest absolute Gasteiger partial charge is 0.476 e. The Morgan fingerprint density at radius 3 is 2.21 bits per heavy atom. The van der Waals surface area contributed by atoms with E-state index in [9.17, 15) is 9.90 Å². The van der Waals surface area contributed by atoms with Crippen LogP contribution in [0.5, 0.6) is 0 Å². The normalized spacial score (nSPS) is 11.5. The molecule has 24 heavy (non-hydrogen) atoms. The van der Waals surface area contributed by atoms with E-state index in [1.54, 1.807) is 11.6 Å². The van der Waals surface area contributed by atoms with E-state index in [0.717, 1.165) is 22.5 Å². The third kappa shape index (κ3) is 2.99. The zero-order valence-corrected chi connectivity index (χ0v) is 13.6. The van der Waals surface area contributed by atoms with Crippen LogP contribution in [0.3, 0.4) is 0 Å². The third-order valence-corrected chi connectivity index (χ3v) is 3.88. The van der Waals surface area contributed by atoms with Crippen LogP contribution < -0.4 is 0 Å². The lowest BCUT2D eigenvalue weighted by molar-refractivity contribution is 0.0689. The molecule has 1 aromatic heterocycles. The number of carbonyl (C=O) groups is 1. The molecule has 0 radical (unpaired) electrons. The average molecular weight is 318 g/mol. The van der Waals surface area contributed by atoms with Crippen LogP contribution in [0.15, 0.2) is 60.7 Å². The van der Waals surface area contributed by atoms with Gasteiger partial charge in [-0.25, -0.2) is 9.48 Å². The molecule has 0 saturated carbocycles. The first-order chi connectivity index (χ1) is 11.6. The van der Waals surface area contributed by atoms with Gasteiger partial charge in [0, 0.05) is 5.56 Å². The number of para-hydroxylation sites is 1. The fourth-order valence-corrected chi connectivity index (χ4v) is 2.79. The lowest BCUT2D eigenvalue weighted by atomic mass is 10.0. The first-order valence-corrected chi connectivity index (χ1v) is 7.70. The van der Waals surface area contributed by atoms with Gasteiger partial charge in [-0.05, 0) is 43.2 Å². The predicted octanol–water partition coefficient (Wildman–Crippen LogP) is 4.44. The van der Waals surface area contributed by atoms with Crippen LogP contribution in [0.25, 0.3) is 17.3 Å². The Morgan fingerprint density at radius 2 is 1.62 bits per heavy atom. The summed E-state index contributed by atoms with van der Waals surface area (Å²) in [6.07, 6.45) is 2.04. The molecule has 2 aromatic carbocycles. The molecule has 0 unspecified atom stereocenters. The summed E-state index contributed by atoms with van der Waals surface area (Å²) in [5.74, 6) is -1.02. The van der Waals surface area contributed by atoms with Crippen molar-refractivity contribution in [2.75, 3.05) is 0 Å². The first-order valence-electron chi connectivity index (χ1n) is 7.70. The standard InChI is InChI=1S/C20H18N2O2/c1-14(13-16-9-5-3-6-10-16)19-15(2)18(20(23)24)21-22(19)17-11-7-4-8-12-17/h3-13H,1-2H3,(H,23,24)/b14-13+. The molecule has 120 valence electrons. The number of rotatable bonds is 4. The van der Waals surface area contributed by atoms with Crippen LogP contribution in [0.2, 0.25) is 0 Å². The quantitative estimate of drug-likeness (QED) is 0.773. The number of hydrogen-bond acceptors (Lipinski definition) is 2. The van der Waals surface area contributed by atoms with Gasteiger partial charge >= 0.3 is 5.97 Å². The van der Waals surface area contributed by atoms with Crippen LogP contribution in [-0.2, 0) is 0 Å². The number of hydrogen-bond donors (Lipinski definition) is 1. The second-order valence-electron chi connectivity index (χ2n) is 5.61. The summed E-state index contributed by atoms with van der Waals surface area (Å²) in [6, 6.07) is 19.5. The van der Waals surface area contributed by atoms with Crippen LogP contribution >= 0.6 is 0 Å². The highest BCUT2D eigenvalue weighted by Crippen LogP contribution is 2.26. The molecule has 3 rings (SSSR count). The zero-order valence-electron chi connectivity index (χ0n) is 13.6. The second-order valence-corrected chi connectivity index (χ2v) is 5.61. The van der Waals surface area contributed by atoms with Gasteiger partial charge in [-0.3, -0.25) is 0 Å². The van der Waals surface area contributed by atoms with E-state index in [-0.39, 0.29) is 5.69 Å². The molecule has 0 aliphatic heterocycles. The summed E-state index contributed by atoms with van der Waals surface area (Å²) in [7, 11) is 0. The van der Waals surface area contributed by atoms with Crippen molar-refractivity contribution in [1.82, 2.24) is 9.78 Å². The predicted molar refractivity (Wildman–Crippen MR) is 95.2 cm³/mol. The van der Waals surface area contributed by atoms with Crippen molar-refractivity contribution in [2.24, 2.45) is 0 Å². The molecule has 0 aliphatic rings. The lowest BCUT2D eigenvalue weighted by Crippen LogP contribution is -2.03. The Labute approximate surface area is 140 Å². The summed E-state index contributed by atoms with van der Waals surface area (Å²) in [5, 5.41) is 13.7. The summed E-state index contributed by atoms with van der Waals surface area (Å²) in [5.41, 5.74) is 4.41. The van der Waals surface area contributed by atoms with E-state index in [1.807, 2.05) is 73.7 Å². The van der Waals surface area contributed by atoms with Gasteiger partial charge in [-0.15, -0.1) is 0 Å². The molecule has 0 amide bonds. The Bertz CT molecular complexity index is 894. The van der Waals surface area contributed by atoms with E-state index in [1.165, 1.54) is 0 Å². The third-order valence-electron chi connectivity index (χ3n) is 3.88. The Morgan fingerprint density at radius 1 is 1.04 bits per heavy atom. The highest BCUT2D eigenvalue weighted by Gasteiger charge is 2.21. The number of allylic oxidation sites excluding steroid dienone is 1. The Balaban J connectivity index is 2.19. The Hall–Kier alpha value is -3.14. The fourth-order valence-electron chi connectivity index (χ4n) is 2.79. The summed E-state index contributed by atoms with van der Waals surface area (Å²) < 4.78 is 1.70. The van der Waals surface area contributed by atoms with E-state index >= 15 is 0 Å². The molecule has 0 bridgehead atoms. The van der Waals surface area contributed by atoms with Crippen molar-refractivity contribution in [3.63, 3.8) is 0 Å². The van der Waals surface area contributed by atoms with Gasteiger partial charge in [0.1, 0.15) is 0 Å². The first kappa shape index (κ1) is 15.7. The van der Waals surface area contributed by atoms with E-state index < -0.39 is 5.97 Å². The van der Waals surface area contributed by atoms with Crippen LogP contribution in [-0.4, -0.2) is 20.9 Å². The fraction of sp³-hybridized carbons (Fsp3) is 0.100. The summed E-state index contributed by atoms with van der Waals surface area (Å²) in [4.78, 5) is 11.5. The van der Waals surface area contributed by atoms with Crippen molar-refractivity contribution >= 4 is 17.6 Å². The van der Waals surface area contributed by atoms with Gasteiger partial charge in [0.05, 0.1) is 11.4 Å². The molecule has 1 heterocycles. The minimum Gasteiger partial charge on any atom is -0.476 e. The van der Waals surface area contributed by atoms with Crippen LogP contribution in [0.4, 0.5) is 0 Å². The smallest absolute Gasteiger partial charge is 0.356 e. The number of aromatic carboxylic acids is 1.